The minimum atomic E-state index is -0.298. The minimum absolute atomic E-state index is 0.0639. The zero-order valence-electron chi connectivity index (χ0n) is 16.0. The third-order valence-corrected chi connectivity index (χ3v) is 4.98. The first-order valence-corrected chi connectivity index (χ1v) is 9.70. The van der Waals surface area contributed by atoms with Crippen LogP contribution in [0.1, 0.15) is 29.6 Å². The second-order valence-corrected chi connectivity index (χ2v) is 7.09. The van der Waals surface area contributed by atoms with Crippen LogP contribution in [0.3, 0.4) is 0 Å². The van der Waals surface area contributed by atoms with Gasteiger partial charge in [0.25, 0.3) is 0 Å². The van der Waals surface area contributed by atoms with Gasteiger partial charge in [0.2, 0.25) is 11.8 Å². The van der Waals surface area contributed by atoms with E-state index in [2.05, 4.69) is 10.1 Å². The molecule has 0 bridgehead atoms. The van der Waals surface area contributed by atoms with Crippen LogP contribution >= 0.6 is 0 Å². The van der Waals surface area contributed by atoms with Gasteiger partial charge >= 0.3 is 0 Å². The number of aromatic nitrogens is 2. The molecule has 2 aromatic carbocycles. The van der Waals surface area contributed by atoms with Crippen LogP contribution in [-0.4, -0.2) is 40.6 Å². The first-order valence-electron chi connectivity index (χ1n) is 9.70. The number of benzene rings is 2. The maximum atomic E-state index is 12.9. The zero-order valence-corrected chi connectivity index (χ0v) is 16.0. The quantitative estimate of drug-likeness (QED) is 0.613. The molecule has 1 saturated heterocycles. The van der Waals surface area contributed by atoms with Gasteiger partial charge in [-0.25, -0.2) is 4.39 Å². The van der Waals surface area contributed by atoms with Gasteiger partial charge in [-0.1, -0.05) is 35.5 Å². The summed E-state index contributed by atoms with van der Waals surface area (Å²) in [6.07, 6.45) is 1.71. The van der Waals surface area contributed by atoms with Crippen LogP contribution < -0.4 is 4.74 Å². The lowest BCUT2D eigenvalue weighted by atomic mass is 10.1. The predicted octanol–water partition coefficient (Wildman–Crippen LogP) is 3.39. The van der Waals surface area contributed by atoms with E-state index in [1.54, 1.807) is 12.1 Å². The summed E-state index contributed by atoms with van der Waals surface area (Å²) in [6.45, 7) is 1.66. The SMILES string of the molecule is O=C(Cc1ccccc1)N1CCC(c2nc(CCOc3ccc(F)cc3)no2)C1. The normalized spacial score (nSPS) is 16.2. The summed E-state index contributed by atoms with van der Waals surface area (Å²) in [4.78, 5) is 18.8. The van der Waals surface area contributed by atoms with Crippen molar-refractivity contribution < 1.29 is 18.4 Å². The zero-order chi connectivity index (χ0) is 20.1. The fourth-order valence-electron chi connectivity index (χ4n) is 3.40. The number of nitrogens with zero attached hydrogens (tertiary/aromatic N) is 3. The number of rotatable bonds is 7. The van der Waals surface area contributed by atoms with Crippen molar-refractivity contribution in [2.45, 2.75) is 25.2 Å². The van der Waals surface area contributed by atoms with Crippen molar-refractivity contribution in [3.63, 3.8) is 0 Å². The van der Waals surface area contributed by atoms with Crippen LogP contribution in [0.25, 0.3) is 0 Å². The van der Waals surface area contributed by atoms with Crippen molar-refractivity contribution in [3.05, 3.63) is 77.7 Å². The Morgan fingerprint density at radius 2 is 1.97 bits per heavy atom. The topological polar surface area (TPSA) is 68.5 Å². The number of hydrogen-bond acceptors (Lipinski definition) is 5. The molecule has 7 heteroatoms. The van der Waals surface area contributed by atoms with Crippen molar-refractivity contribution >= 4 is 5.91 Å². The summed E-state index contributed by atoms with van der Waals surface area (Å²) in [6, 6.07) is 15.6. The van der Waals surface area contributed by atoms with E-state index in [-0.39, 0.29) is 17.6 Å². The summed E-state index contributed by atoms with van der Waals surface area (Å²) in [5, 5.41) is 4.01. The fraction of sp³-hybridized carbons (Fsp3) is 0.318. The number of likely N-dealkylation sites (tertiary alicyclic amines) is 1. The Hall–Kier alpha value is -3.22. The molecule has 1 aliphatic rings. The lowest BCUT2D eigenvalue weighted by molar-refractivity contribution is -0.129. The summed E-state index contributed by atoms with van der Waals surface area (Å²) in [5.41, 5.74) is 1.02. The molecule has 0 aliphatic carbocycles. The second kappa shape index (κ2) is 8.86. The van der Waals surface area contributed by atoms with Crippen molar-refractivity contribution in [2.75, 3.05) is 19.7 Å². The predicted molar refractivity (Wildman–Crippen MR) is 104 cm³/mol. The van der Waals surface area contributed by atoms with Crippen LogP contribution in [0.15, 0.2) is 59.1 Å². The molecule has 1 unspecified atom stereocenters. The summed E-state index contributed by atoms with van der Waals surface area (Å²) >= 11 is 0. The highest BCUT2D eigenvalue weighted by atomic mass is 19.1. The molecule has 150 valence electrons. The fourth-order valence-corrected chi connectivity index (χ4v) is 3.40. The highest BCUT2D eigenvalue weighted by Gasteiger charge is 2.30. The number of ether oxygens (including phenoxy) is 1. The van der Waals surface area contributed by atoms with E-state index in [1.165, 1.54) is 12.1 Å². The Balaban J connectivity index is 1.26. The van der Waals surface area contributed by atoms with Gasteiger partial charge in [0.15, 0.2) is 5.82 Å². The number of carbonyl (C=O) groups is 1. The lowest BCUT2D eigenvalue weighted by Gasteiger charge is -2.15. The first-order chi connectivity index (χ1) is 14.2. The summed E-state index contributed by atoms with van der Waals surface area (Å²) < 4.78 is 23.9. The number of halogens is 1. The Bertz CT molecular complexity index is 943. The average Bonchev–Trinajstić information content (AvgIpc) is 3.40. The molecule has 0 N–H and O–H groups in total. The summed E-state index contributed by atoms with van der Waals surface area (Å²) in [7, 11) is 0. The van der Waals surface area contributed by atoms with Crippen molar-refractivity contribution in [1.29, 1.82) is 0 Å². The highest BCUT2D eigenvalue weighted by molar-refractivity contribution is 5.79. The Kier molecular flexibility index (Phi) is 5.84. The van der Waals surface area contributed by atoms with Gasteiger partial charge in [-0.05, 0) is 36.2 Å². The molecular formula is C22H22FN3O3. The van der Waals surface area contributed by atoms with Gasteiger partial charge in [-0.2, -0.15) is 4.98 Å². The standard InChI is InChI=1S/C22H22FN3O3/c23-18-6-8-19(9-7-18)28-13-11-20-24-22(29-25-20)17-10-12-26(15-17)21(27)14-16-4-2-1-3-5-16/h1-9,17H,10-15H2. The Labute approximate surface area is 168 Å². The van der Waals surface area contributed by atoms with Gasteiger partial charge in [-0.3, -0.25) is 4.79 Å². The molecule has 0 radical (unpaired) electrons. The Morgan fingerprint density at radius 3 is 2.76 bits per heavy atom. The second-order valence-electron chi connectivity index (χ2n) is 7.09. The molecular weight excluding hydrogens is 373 g/mol. The first kappa shape index (κ1) is 19.1. The van der Waals surface area contributed by atoms with Crippen LogP contribution in [0.2, 0.25) is 0 Å². The Morgan fingerprint density at radius 1 is 1.17 bits per heavy atom. The van der Waals surface area contributed by atoms with E-state index >= 15 is 0 Å². The van der Waals surface area contributed by atoms with E-state index in [0.717, 1.165) is 12.0 Å². The average molecular weight is 395 g/mol. The molecule has 4 rings (SSSR count). The van der Waals surface area contributed by atoms with E-state index in [9.17, 15) is 9.18 Å². The van der Waals surface area contributed by atoms with Gasteiger partial charge in [0.1, 0.15) is 11.6 Å². The number of carbonyl (C=O) groups excluding carboxylic acids is 1. The molecule has 1 atom stereocenters. The maximum Gasteiger partial charge on any atom is 0.231 e. The molecule has 3 aromatic rings. The third kappa shape index (κ3) is 4.99. The smallest absolute Gasteiger partial charge is 0.231 e. The van der Waals surface area contributed by atoms with Gasteiger partial charge < -0.3 is 14.2 Å². The molecule has 0 saturated carbocycles. The largest absolute Gasteiger partial charge is 0.493 e. The highest BCUT2D eigenvalue weighted by Crippen LogP contribution is 2.26. The maximum absolute atomic E-state index is 12.9. The molecule has 0 spiro atoms. The van der Waals surface area contributed by atoms with Gasteiger partial charge in [0, 0.05) is 19.5 Å². The van der Waals surface area contributed by atoms with E-state index in [1.807, 2.05) is 35.2 Å². The van der Waals surface area contributed by atoms with Gasteiger partial charge in [-0.15, -0.1) is 0 Å². The molecule has 1 amide bonds. The van der Waals surface area contributed by atoms with Crippen LogP contribution in [0, 0.1) is 5.82 Å². The molecule has 1 aliphatic heterocycles. The van der Waals surface area contributed by atoms with Crippen molar-refractivity contribution in [3.8, 4) is 5.75 Å². The van der Waals surface area contributed by atoms with E-state index < -0.39 is 0 Å². The molecule has 29 heavy (non-hydrogen) atoms. The summed E-state index contributed by atoms with van der Waals surface area (Å²) in [5.74, 6) is 1.61. The van der Waals surface area contributed by atoms with E-state index in [4.69, 9.17) is 9.26 Å². The molecule has 1 fully saturated rings. The number of hydrogen-bond donors (Lipinski definition) is 0. The molecule has 6 nitrogen and oxygen atoms in total. The van der Waals surface area contributed by atoms with Crippen LogP contribution in [-0.2, 0) is 17.6 Å². The minimum Gasteiger partial charge on any atom is -0.493 e. The lowest BCUT2D eigenvalue weighted by Crippen LogP contribution is -2.29. The monoisotopic (exact) mass is 395 g/mol. The van der Waals surface area contributed by atoms with Gasteiger partial charge in [0.05, 0.1) is 18.9 Å². The molecule has 1 aromatic heterocycles. The van der Waals surface area contributed by atoms with Crippen molar-refractivity contribution in [1.82, 2.24) is 15.0 Å². The van der Waals surface area contributed by atoms with E-state index in [0.29, 0.717) is 50.0 Å². The van der Waals surface area contributed by atoms with Crippen LogP contribution in [0.5, 0.6) is 5.75 Å². The van der Waals surface area contributed by atoms with Crippen molar-refractivity contribution in [2.24, 2.45) is 0 Å². The van der Waals surface area contributed by atoms with Crippen LogP contribution in [0.4, 0.5) is 4.39 Å². The third-order valence-electron chi connectivity index (χ3n) is 4.98. The molecule has 2 heterocycles. The number of amides is 1.